The fourth-order valence-electron chi connectivity index (χ4n) is 3.14. The minimum absolute atomic E-state index is 0.0130. The van der Waals surface area contributed by atoms with E-state index in [0.717, 1.165) is 16.8 Å². The number of nitrogens with zero attached hydrogens (tertiary/aromatic N) is 1. The first kappa shape index (κ1) is 23.4. The van der Waals surface area contributed by atoms with Gasteiger partial charge in [-0.15, -0.1) is 0 Å². The highest BCUT2D eigenvalue weighted by atomic mass is 35.5. The van der Waals surface area contributed by atoms with E-state index in [2.05, 4.69) is 5.32 Å². The normalized spacial score (nSPS) is 11.6. The zero-order valence-corrected chi connectivity index (χ0v) is 17.6. The minimum Gasteiger partial charge on any atom is -0.480 e. The number of carbonyl (C=O) groups is 3. The van der Waals surface area contributed by atoms with E-state index in [1.807, 2.05) is 32.0 Å². The van der Waals surface area contributed by atoms with E-state index >= 15 is 0 Å². The molecule has 0 heterocycles. The molecule has 0 spiro atoms. The number of rotatable bonds is 9. The number of anilines is 1. The first-order valence-electron chi connectivity index (χ1n) is 9.51. The molecule has 2 amide bonds. The molecule has 2 aromatic carbocycles. The van der Waals surface area contributed by atoms with Gasteiger partial charge in [0, 0.05) is 29.2 Å². The number of hydrogen-bond donors (Lipinski definition) is 3. The van der Waals surface area contributed by atoms with Gasteiger partial charge >= 0.3 is 5.97 Å². The fourth-order valence-corrected chi connectivity index (χ4v) is 3.27. The van der Waals surface area contributed by atoms with Gasteiger partial charge in [0.2, 0.25) is 5.91 Å². The molecular weight excluding hydrogens is 408 g/mol. The van der Waals surface area contributed by atoms with Crippen molar-refractivity contribution in [3.63, 3.8) is 0 Å². The Bertz CT molecular complexity index is 894. The Kier molecular flexibility index (Phi) is 8.38. The maximum Gasteiger partial charge on any atom is 0.328 e. The third kappa shape index (κ3) is 6.05. The zero-order valence-electron chi connectivity index (χ0n) is 16.9. The Labute approximate surface area is 180 Å². The maximum absolute atomic E-state index is 13.2. The number of amides is 2. The van der Waals surface area contributed by atoms with Crippen LogP contribution in [0.4, 0.5) is 5.69 Å². The van der Waals surface area contributed by atoms with E-state index in [1.54, 1.807) is 29.2 Å². The average Bonchev–Trinajstić information content (AvgIpc) is 2.70. The lowest BCUT2D eigenvalue weighted by Gasteiger charge is -2.26. The van der Waals surface area contributed by atoms with Crippen molar-refractivity contribution in [3.05, 3.63) is 64.2 Å². The number of halogens is 1. The van der Waals surface area contributed by atoms with Gasteiger partial charge in [-0.05, 0) is 55.7 Å². The van der Waals surface area contributed by atoms with E-state index in [9.17, 15) is 14.4 Å². The molecule has 0 unspecified atom stereocenters. The topological polar surface area (TPSA) is 107 Å². The number of aryl methyl sites for hydroxylation is 2. The van der Waals surface area contributed by atoms with Gasteiger partial charge in [0.15, 0.2) is 0 Å². The van der Waals surface area contributed by atoms with Gasteiger partial charge in [-0.2, -0.15) is 0 Å². The quantitative estimate of drug-likeness (QED) is 0.564. The number of aliphatic hydroxyl groups excluding tert-OH is 1. The smallest absolute Gasteiger partial charge is 0.328 e. The molecule has 30 heavy (non-hydrogen) atoms. The standard InChI is InChI=1S/C22H25ClN2O5/c1-14-5-3-6-15(2)20(14)25(21(28)16-8-10-17(23)11-9-16)12-4-7-19(27)24-18(13-26)22(29)30/h3,5-6,8-11,18,26H,4,7,12-13H2,1-2H3,(H,24,27)(H,29,30)/t18-/m0/s1. The number of aliphatic hydroxyl groups is 1. The van der Waals surface area contributed by atoms with Crippen LogP contribution in [0.2, 0.25) is 5.02 Å². The van der Waals surface area contributed by atoms with Crippen LogP contribution in [-0.2, 0) is 9.59 Å². The molecule has 0 saturated carbocycles. The molecule has 0 radical (unpaired) electrons. The third-order valence-electron chi connectivity index (χ3n) is 4.65. The van der Waals surface area contributed by atoms with Crippen molar-refractivity contribution in [1.29, 1.82) is 0 Å². The molecule has 0 aliphatic carbocycles. The first-order valence-corrected chi connectivity index (χ1v) is 9.89. The number of hydrogen-bond acceptors (Lipinski definition) is 4. The highest BCUT2D eigenvalue weighted by Gasteiger charge is 2.22. The molecule has 0 saturated heterocycles. The number of para-hydroxylation sites is 1. The van der Waals surface area contributed by atoms with Gasteiger partial charge in [-0.25, -0.2) is 4.79 Å². The molecule has 0 aliphatic heterocycles. The van der Waals surface area contributed by atoms with Crippen LogP contribution in [0.1, 0.15) is 34.3 Å². The second-order valence-electron chi connectivity index (χ2n) is 6.95. The predicted octanol–water partition coefficient (Wildman–Crippen LogP) is 2.95. The molecule has 2 rings (SSSR count). The van der Waals surface area contributed by atoms with Crippen LogP contribution < -0.4 is 10.2 Å². The highest BCUT2D eigenvalue weighted by molar-refractivity contribution is 6.30. The van der Waals surface area contributed by atoms with Crippen molar-refractivity contribution < 1.29 is 24.6 Å². The van der Waals surface area contributed by atoms with Crippen LogP contribution in [0, 0.1) is 13.8 Å². The molecule has 8 heteroatoms. The van der Waals surface area contributed by atoms with Crippen LogP contribution in [0.25, 0.3) is 0 Å². The Hall–Kier alpha value is -2.90. The van der Waals surface area contributed by atoms with Crippen molar-refractivity contribution in [2.45, 2.75) is 32.7 Å². The van der Waals surface area contributed by atoms with Gasteiger partial charge in [0.05, 0.1) is 6.61 Å². The summed E-state index contributed by atoms with van der Waals surface area (Å²) in [5, 5.41) is 20.7. The SMILES string of the molecule is Cc1cccc(C)c1N(CCCC(=O)N[C@@H](CO)C(=O)O)C(=O)c1ccc(Cl)cc1. The molecule has 0 bridgehead atoms. The molecule has 3 N–H and O–H groups in total. The monoisotopic (exact) mass is 432 g/mol. The summed E-state index contributed by atoms with van der Waals surface area (Å²) in [6.07, 6.45) is 0.329. The van der Waals surface area contributed by atoms with E-state index in [4.69, 9.17) is 21.8 Å². The van der Waals surface area contributed by atoms with Crippen LogP contribution in [0.5, 0.6) is 0 Å². The molecule has 0 fully saturated rings. The predicted molar refractivity (Wildman–Crippen MR) is 115 cm³/mol. The van der Waals surface area contributed by atoms with Crippen molar-refractivity contribution in [2.75, 3.05) is 18.1 Å². The van der Waals surface area contributed by atoms with Crippen LogP contribution in [0.15, 0.2) is 42.5 Å². The van der Waals surface area contributed by atoms with Gasteiger partial charge in [0.1, 0.15) is 6.04 Å². The fraction of sp³-hybridized carbons (Fsp3) is 0.318. The molecule has 7 nitrogen and oxygen atoms in total. The van der Waals surface area contributed by atoms with Gasteiger partial charge in [0.25, 0.3) is 5.91 Å². The summed E-state index contributed by atoms with van der Waals surface area (Å²) in [6, 6.07) is 11.0. The van der Waals surface area contributed by atoms with Crippen LogP contribution >= 0.6 is 11.6 Å². The maximum atomic E-state index is 13.2. The molecule has 2 aromatic rings. The van der Waals surface area contributed by atoms with Crippen LogP contribution in [-0.4, -0.2) is 47.2 Å². The van der Waals surface area contributed by atoms with Crippen molar-refractivity contribution >= 4 is 35.1 Å². The summed E-state index contributed by atoms with van der Waals surface area (Å²) in [6.45, 7) is 3.40. The number of carboxylic acid groups (broad SMARTS) is 1. The minimum atomic E-state index is -1.34. The molecule has 1 atom stereocenters. The second kappa shape index (κ2) is 10.8. The zero-order chi connectivity index (χ0) is 22.3. The number of carboxylic acids is 1. The summed E-state index contributed by atoms with van der Waals surface area (Å²) in [4.78, 5) is 37.8. The number of aliphatic carboxylic acids is 1. The summed E-state index contributed by atoms with van der Waals surface area (Å²) in [5.41, 5.74) is 3.09. The van der Waals surface area contributed by atoms with Crippen molar-refractivity contribution in [2.24, 2.45) is 0 Å². The molecular formula is C22H25ClN2O5. The largest absolute Gasteiger partial charge is 0.480 e. The summed E-state index contributed by atoms with van der Waals surface area (Å²) >= 11 is 5.93. The number of benzene rings is 2. The Morgan fingerprint density at radius 3 is 2.20 bits per heavy atom. The third-order valence-corrected chi connectivity index (χ3v) is 4.90. The molecule has 0 aliphatic rings. The number of carbonyl (C=O) groups excluding carboxylic acids is 2. The second-order valence-corrected chi connectivity index (χ2v) is 7.38. The lowest BCUT2D eigenvalue weighted by Crippen LogP contribution is -2.43. The lowest BCUT2D eigenvalue weighted by atomic mass is 10.1. The Morgan fingerprint density at radius 1 is 1.07 bits per heavy atom. The van der Waals surface area contributed by atoms with Crippen molar-refractivity contribution in [3.8, 4) is 0 Å². The van der Waals surface area contributed by atoms with Crippen LogP contribution in [0.3, 0.4) is 0 Å². The molecule has 0 aromatic heterocycles. The van der Waals surface area contributed by atoms with Gasteiger partial charge in [-0.3, -0.25) is 9.59 Å². The van der Waals surface area contributed by atoms with Crippen molar-refractivity contribution in [1.82, 2.24) is 5.32 Å². The summed E-state index contributed by atoms with van der Waals surface area (Å²) < 4.78 is 0. The van der Waals surface area contributed by atoms with E-state index in [0.29, 0.717) is 17.0 Å². The highest BCUT2D eigenvalue weighted by Crippen LogP contribution is 2.27. The number of nitrogens with one attached hydrogen (secondary N) is 1. The first-order chi connectivity index (χ1) is 14.2. The summed E-state index contributed by atoms with van der Waals surface area (Å²) in [5.74, 6) is -2.03. The molecule has 160 valence electrons. The van der Waals surface area contributed by atoms with E-state index in [1.165, 1.54) is 0 Å². The summed E-state index contributed by atoms with van der Waals surface area (Å²) in [7, 11) is 0. The Morgan fingerprint density at radius 2 is 1.67 bits per heavy atom. The average molecular weight is 433 g/mol. The van der Waals surface area contributed by atoms with E-state index in [-0.39, 0.29) is 18.9 Å². The lowest BCUT2D eigenvalue weighted by molar-refractivity contribution is -0.142. The van der Waals surface area contributed by atoms with Gasteiger partial charge < -0.3 is 20.4 Å². The Balaban J connectivity index is 2.18. The van der Waals surface area contributed by atoms with Gasteiger partial charge in [-0.1, -0.05) is 29.8 Å². The van der Waals surface area contributed by atoms with E-state index < -0.39 is 24.5 Å².